The van der Waals surface area contributed by atoms with Gasteiger partial charge in [-0.05, 0) is 7.05 Å². The molecule has 180 valence electrons. The maximum Gasteiger partial charge on any atom is 0.222 e. The van der Waals surface area contributed by atoms with Crippen molar-refractivity contribution in [1.82, 2.24) is 10.6 Å². The molecule has 0 heterocycles. The van der Waals surface area contributed by atoms with Crippen molar-refractivity contribution in [2.45, 2.75) is 20.0 Å². The molecule has 9 nitrogen and oxygen atoms in total. The highest BCUT2D eigenvalue weighted by atomic mass is 19.1. The van der Waals surface area contributed by atoms with Crippen molar-refractivity contribution in [1.29, 1.82) is 0 Å². The summed E-state index contributed by atoms with van der Waals surface area (Å²) in [6.07, 6.45) is -1.22. The third kappa shape index (κ3) is 21.8. The number of carbonyl (C=O) groups is 1. The highest BCUT2D eigenvalue weighted by Gasteiger charge is 2.11. The molecular weight excluding hydrogens is 399 g/mol. The maximum atomic E-state index is 13.5. The average molecular weight is 441 g/mol. The van der Waals surface area contributed by atoms with Gasteiger partial charge in [-0.2, -0.15) is 0 Å². The Hall–Kier alpha value is -0.880. The minimum atomic E-state index is -1.22. The highest BCUT2D eigenvalue weighted by Crippen LogP contribution is 1.94. The van der Waals surface area contributed by atoms with Gasteiger partial charge in [-0.15, -0.1) is 0 Å². The van der Waals surface area contributed by atoms with Crippen LogP contribution in [-0.2, 0) is 33.2 Å². The second kappa shape index (κ2) is 22.8. The Labute approximate surface area is 180 Å². The fraction of sp³-hybridized carbons (Fsp3) is 0.950. The molecule has 1 amide bonds. The lowest BCUT2D eigenvalue weighted by Crippen LogP contribution is -2.35. The van der Waals surface area contributed by atoms with E-state index in [2.05, 4.69) is 10.6 Å². The van der Waals surface area contributed by atoms with Gasteiger partial charge in [0.15, 0.2) is 0 Å². The highest BCUT2D eigenvalue weighted by molar-refractivity contribution is 5.77. The van der Waals surface area contributed by atoms with Gasteiger partial charge < -0.3 is 39.1 Å². The number of carbonyl (C=O) groups excluding carboxylic acids is 1. The van der Waals surface area contributed by atoms with Gasteiger partial charge in [-0.1, -0.05) is 13.8 Å². The van der Waals surface area contributed by atoms with Crippen molar-refractivity contribution in [3.63, 3.8) is 0 Å². The first kappa shape index (κ1) is 29.1. The van der Waals surface area contributed by atoms with Crippen LogP contribution in [0.1, 0.15) is 13.8 Å². The van der Waals surface area contributed by atoms with E-state index in [0.717, 1.165) is 6.54 Å². The molecule has 2 N–H and O–H groups in total. The zero-order valence-electron chi connectivity index (χ0n) is 18.8. The number of nitrogens with one attached hydrogen (secondary N) is 2. The summed E-state index contributed by atoms with van der Waals surface area (Å²) in [4.78, 5) is 11.3. The first-order valence-corrected chi connectivity index (χ1v) is 10.6. The molecule has 0 aliphatic heterocycles. The van der Waals surface area contributed by atoms with E-state index < -0.39 is 6.17 Å². The van der Waals surface area contributed by atoms with Gasteiger partial charge in [0.05, 0.1) is 85.8 Å². The van der Waals surface area contributed by atoms with Gasteiger partial charge in [0.1, 0.15) is 6.17 Å². The lowest BCUT2D eigenvalue weighted by atomic mass is 10.2. The summed E-state index contributed by atoms with van der Waals surface area (Å²) in [7, 11) is 1.88. The predicted molar refractivity (Wildman–Crippen MR) is 112 cm³/mol. The minimum Gasteiger partial charge on any atom is -0.378 e. The Morgan fingerprint density at radius 1 is 0.733 bits per heavy atom. The zero-order chi connectivity index (χ0) is 22.3. The number of rotatable bonds is 23. The summed E-state index contributed by atoms with van der Waals surface area (Å²) < 4.78 is 45.5. The molecule has 0 aromatic carbocycles. The van der Waals surface area contributed by atoms with Crippen LogP contribution in [0.3, 0.4) is 0 Å². The van der Waals surface area contributed by atoms with Crippen LogP contribution < -0.4 is 10.6 Å². The number of hydrogen-bond donors (Lipinski definition) is 2. The van der Waals surface area contributed by atoms with Crippen LogP contribution in [0.15, 0.2) is 0 Å². The lowest BCUT2D eigenvalue weighted by molar-refractivity contribution is -0.124. The van der Waals surface area contributed by atoms with Crippen molar-refractivity contribution >= 4 is 5.91 Å². The lowest BCUT2D eigenvalue weighted by Gasteiger charge is -2.12. The molecular formula is C20H41FN2O7. The Bertz CT molecular complexity index is 379. The van der Waals surface area contributed by atoms with Gasteiger partial charge in [0.2, 0.25) is 5.91 Å². The van der Waals surface area contributed by atoms with Gasteiger partial charge in [0.25, 0.3) is 0 Å². The second-order valence-electron chi connectivity index (χ2n) is 6.74. The van der Waals surface area contributed by atoms with E-state index in [4.69, 9.17) is 28.4 Å². The first-order chi connectivity index (χ1) is 14.6. The van der Waals surface area contributed by atoms with Crippen LogP contribution in [0.25, 0.3) is 0 Å². The standard InChI is InChI=1S/C20H41FN2O7/c1-18(2)20(24)23-16-19(21)17-30-15-14-29-13-12-28-11-10-27-9-8-26-7-6-25-5-4-22-3/h18-19,22H,4-17H2,1-3H3,(H,23,24). The van der Waals surface area contributed by atoms with Gasteiger partial charge in [-0.25, -0.2) is 4.39 Å². The molecule has 0 spiro atoms. The largest absolute Gasteiger partial charge is 0.378 e. The normalized spacial score (nSPS) is 12.4. The van der Waals surface area contributed by atoms with Crippen LogP contribution in [0.4, 0.5) is 4.39 Å². The van der Waals surface area contributed by atoms with Crippen molar-refractivity contribution in [2.75, 3.05) is 99.4 Å². The molecule has 0 fully saturated rings. The number of ether oxygens (including phenoxy) is 6. The summed E-state index contributed by atoms with van der Waals surface area (Å²) >= 11 is 0. The summed E-state index contributed by atoms with van der Waals surface area (Å²) in [5, 5.41) is 5.53. The third-order valence-electron chi connectivity index (χ3n) is 3.68. The number of halogens is 1. The molecule has 0 aliphatic carbocycles. The van der Waals surface area contributed by atoms with Crippen LogP contribution in [0, 0.1) is 5.92 Å². The Balaban J connectivity index is 3.15. The number of alkyl halides is 1. The molecule has 30 heavy (non-hydrogen) atoms. The summed E-state index contributed by atoms with van der Waals surface area (Å²) in [5.41, 5.74) is 0. The summed E-state index contributed by atoms with van der Waals surface area (Å²) in [6, 6.07) is 0. The van der Waals surface area contributed by atoms with E-state index in [1.807, 2.05) is 7.05 Å². The van der Waals surface area contributed by atoms with E-state index >= 15 is 0 Å². The Morgan fingerprint density at radius 2 is 1.13 bits per heavy atom. The Morgan fingerprint density at radius 3 is 1.53 bits per heavy atom. The van der Waals surface area contributed by atoms with Crippen LogP contribution in [0.5, 0.6) is 0 Å². The smallest absolute Gasteiger partial charge is 0.222 e. The Kier molecular flexibility index (Phi) is 22.1. The molecule has 0 bridgehead atoms. The molecule has 0 rings (SSSR count). The van der Waals surface area contributed by atoms with Crippen LogP contribution in [-0.4, -0.2) is 111 Å². The summed E-state index contributed by atoms with van der Waals surface area (Å²) in [6.45, 7) is 9.65. The quantitative estimate of drug-likeness (QED) is 0.221. The fourth-order valence-corrected chi connectivity index (χ4v) is 1.96. The molecule has 0 aromatic heterocycles. The number of amides is 1. The van der Waals surface area contributed by atoms with E-state index in [1.165, 1.54) is 0 Å². The third-order valence-corrected chi connectivity index (χ3v) is 3.68. The van der Waals surface area contributed by atoms with E-state index in [0.29, 0.717) is 72.7 Å². The van der Waals surface area contributed by atoms with Gasteiger partial charge in [0, 0.05) is 12.5 Å². The fourth-order valence-electron chi connectivity index (χ4n) is 1.96. The number of likely N-dealkylation sites (N-methyl/N-ethyl adjacent to an activating group) is 1. The van der Waals surface area contributed by atoms with Crippen LogP contribution >= 0.6 is 0 Å². The molecule has 1 unspecified atom stereocenters. The van der Waals surface area contributed by atoms with E-state index in [-0.39, 0.29) is 25.0 Å². The molecule has 0 radical (unpaired) electrons. The number of hydrogen-bond acceptors (Lipinski definition) is 8. The van der Waals surface area contributed by atoms with Crippen LogP contribution in [0.2, 0.25) is 0 Å². The molecule has 0 saturated carbocycles. The van der Waals surface area contributed by atoms with Gasteiger partial charge >= 0.3 is 0 Å². The van der Waals surface area contributed by atoms with E-state index in [9.17, 15) is 9.18 Å². The monoisotopic (exact) mass is 440 g/mol. The van der Waals surface area contributed by atoms with Gasteiger partial charge in [-0.3, -0.25) is 4.79 Å². The summed E-state index contributed by atoms with van der Waals surface area (Å²) in [5.74, 6) is -0.320. The predicted octanol–water partition coefficient (Wildman–Crippen LogP) is 0.416. The van der Waals surface area contributed by atoms with Crippen molar-refractivity contribution in [3.8, 4) is 0 Å². The second-order valence-corrected chi connectivity index (χ2v) is 6.74. The molecule has 0 aliphatic rings. The molecule has 0 saturated heterocycles. The molecule has 10 heteroatoms. The molecule has 0 aromatic rings. The topological polar surface area (TPSA) is 96.5 Å². The maximum absolute atomic E-state index is 13.5. The van der Waals surface area contributed by atoms with Crippen molar-refractivity contribution < 1.29 is 37.6 Å². The van der Waals surface area contributed by atoms with Crippen molar-refractivity contribution in [2.24, 2.45) is 5.92 Å². The first-order valence-electron chi connectivity index (χ1n) is 10.6. The minimum absolute atomic E-state index is 0.0364. The zero-order valence-corrected chi connectivity index (χ0v) is 18.8. The average Bonchev–Trinajstić information content (AvgIpc) is 2.73. The van der Waals surface area contributed by atoms with Crippen molar-refractivity contribution in [3.05, 3.63) is 0 Å². The molecule has 1 atom stereocenters. The SMILES string of the molecule is CNCCOCCOCCOCCOCCOCCOCC(F)CNC(=O)C(C)C. The van der Waals surface area contributed by atoms with E-state index in [1.54, 1.807) is 13.8 Å².